The number of non-ortho nitro benzene ring substituents is 1. The highest BCUT2D eigenvalue weighted by molar-refractivity contribution is 5.95. The number of hydrogen-bond acceptors (Lipinski definition) is 5. The number of aliphatic hydroxyl groups is 1. The summed E-state index contributed by atoms with van der Waals surface area (Å²) in [5.74, 6) is -2.18. The molecule has 8 nitrogen and oxygen atoms in total. The van der Waals surface area contributed by atoms with Crippen LogP contribution >= 0.6 is 0 Å². The second-order valence-corrected chi connectivity index (χ2v) is 4.07. The summed E-state index contributed by atoms with van der Waals surface area (Å²) in [5.41, 5.74) is -2.34. The van der Waals surface area contributed by atoms with Gasteiger partial charge in [0.15, 0.2) is 5.60 Å². The molecule has 1 rings (SSSR count). The number of nitro benzene ring substituents is 1. The van der Waals surface area contributed by atoms with Crippen molar-refractivity contribution in [1.29, 1.82) is 0 Å². The molecule has 0 saturated heterocycles. The zero-order valence-corrected chi connectivity index (χ0v) is 9.99. The van der Waals surface area contributed by atoms with E-state index >= 15 is 0 Å². The zero-order valence-electron chi connectivity index (χ0n) is 9.99. The maximum Gasteiger partial charge on any atom is 0.337 e. The summed E-state index contributed by atoms with van der Waals surface area (Å²) >= 11 is 0. The van der Waals surface area contributed by atoms with Crippen LogP contribution in [0.1, 0.15) is 17.3 Å². The largest absolute Gasteiger partial charge is 0.479 e. The fraction of sp³-hybridized carbons (Fsp3) is 0.273. The molecule has 8 heteroatoms. The normalized spacial score (nSPS) is 13.4. The molecule has 0 aromatic heterocycles. The minimum Gasteiger partial charge on any atom is -0.479 e. The molecule has 1 amide bonds. The molecule has 1 aromatic rings. The number of nitro groups is 1. The van der Waals surface area contributed by atoms with Gasteiger partial charge < -0.3 is 15.5 Å². The SMILES string of the molecule is CC(O)(CNC(=O)c1cccc([N+](=O)[O-])c1)C(=O)O. The molecule has 3 N–H and O–H groups in total. The molecule has 102 valence electrons. The first-order valence-electron chi connectivity index (χ1n) is 5.22. The average molecular weight is 268 g/mol. The highest BCUT2D eigenvalue weighted by Crippen LogP contribution is 2.13. The van der Waals surface area contributed by atoms with Gasteiger partial charge in [-0.2, -0.15) is 0 Å². The summed E-state index contributed by atoms with van der Waals surface area (Å²) in [4.78, 5) is 32.2. The predicted octanol–water partition coefficient (Wildman–Crippen LogP) is 0.160. The summed E-state index contributed by atoms with van der Waals surface area (Å²) in [6, 6.07) is 4.97. The first-order chi connectivity index (χ1) is 8.74. The van der Waals surface area contributed by atoms with E-state index in [9.17, 15) is 24.8 Å². The van der Waals surface area contributed by atoms with Gasteiger partial charge >= 0.3 is 5.97 Å². The molecular weight excluding hydrogens is 256 g/mol. The topological polar surface area (TPSA) is 130 Å². The molecule has 0 heterocycles. The van der Waals surface area contributed by atoms with Gasteiger partial charge in [0.1, 0.15) is 0 Å². The van der Waals surface area contributed by atoms with Crippen LogP contribution in [0.15, 0.2) is 24.3 Å². The Morgan fingerprint density at radius 3 is 2.63 bits per heavy atom. The highest BCUT2D eigenvalue weighted by Gasteiger charge is 2.30. The van der Waals surface area contributed by atoms with Crippen LogP contribution in [0.2, 0.25) is 0 Å². The molecule has 1 unspecified atom stereocenters. The second-order valence-electron chi connectivity index (χ2n) is 4.07. The number of amides is 1. The number of carboxylic acid groups (broad SMARTS) is 1. The van der Waals surface area contributed by atoms with Crippen molar-refractivity contribution in [1.82, 2.24) is 5.32 Å². The number of nitrogens with one attached hydrogen (secondary N) is 1. The summed E-state index contributed by atoms with van der Waals surface area (Å²) in [5, 5.41) is 30.8. The number of benzene rings is 1. The van der Waals surface area contributed by atoms with Gasteiger partial charge in [0.05, 0.1) is 11.5 Å². The first kappa shape index (κ1) is 14.6. The monoisotopic (exact) mass is 268 g/mol. The molecule has 1 atom stereocenters. The minimum absolute atomic E-state index is 0.00962. The van der Waals surface area contributed by atoms with Gasteiger partial charge in [-0.05, 0) is 13.0 Å². The Morgan fingerprint density at radius 2 is 2.11 bits per heavy atom. The van der Waals surface area contributed by atoms with E-state index in [1.807, 2.05) is 0 Å². The van der Waals surface area contributed by atoms with E-state index < -0.39 is 28.9 Å². The lowest BCUT2D eigenvalue weighted by molar-refractivity contribution is -0.384. The van der Waals surface area contributed by atoms with Crippen molar-refractivity contribution in [2.45, 2.75) is 12.5 Å². The average Bonchev–Trinajstić information content (AvgIpc) is 2.36. The third-order valence-corrected chi connectivity index (χ3v) is 2.37. The number of aliphatic carboxylic acids is 1. The van der Waals surface area contributed by atoms with Gasteiger partial charge in [0.2, 0.25) is 0 Å². The fourth-order valence-electron chi connectivity index (χ4n) is 1.19. The van der Waals surface area contributed by atoms with Crippen LogP contribution in [0.25, 0.3) is 0 Å². The number of carbonyl (C=O) groups is 2. The summed E-state index contributed by atoms with van der Waals surface area (Å²) in [6.45, 7) is 0.521. The van der Waals surface area contributed by atoms with Crippen LogP contribution in [0.5, 0.6) is 0 Å². The summed E-state index contributed by atoms with van der Waals surface area (Å²) in [7, 11) is 0. The van der Waals surface area contributed by atoms with Crippen molar-refractivity contribution in [2.24, 2.45) is 0 Å². The molecule has 0 spiro atoms. The molecule has 0 bridgehead atoms. The molecule has 0 aliphatic carbocycles. The number of carboxylic acids is 1. The number of nitrogens with zero attached hydrogens (tertiary/aromatic N) is 1. The lowest BCUT2D eigenvalue weighted by Crippen LogP contribution is -2.46. The van der Waals surface area contributed by atoms with Crippen LogP contribution in [0.3, 0.4) is 0 Å². The smallest absolute Gasteiger partial charge is 0.337 e. The van der Waals surface area contributed by atoms with Crippen LogP contribution in [-0.4, -0.2) is 39.2 Å². The van der Waals surface area contributed by atoms with E-state index in [2.05, 4.69) is 5.32 Å². The third kappa shape index (κ3) is 3.75. The van der Waals surface area contributed by atoms with E-state index in [-0.39, 0.29) is 11.3 Å². The lowest BCUT2D eigenvalue weighted by Gasteiger charge is -2.18. The van der Waals surface area contributed by atoms with Gasteiger partial charge in [-0.15, -0.1) is 0 Å². The number of hydrogen-bond donors (Lipinski definition) is 3. The highest BCUT2D eigenvalue weighted by atomic mass is 16.6. The number of carbonyl (C=O) groups excluding carboxylic acids is 1. The Balaban J connectivity index is 2.77. The Hall–Kier alpha value is -2.48. The molecule has 0 aliphatic heterocycles. The molecule has 0 radical (unpaired) electrons. The van der Waals surface area contributed by atoms with Gasteiger partial charge in [-0.3, -0.25) is 14.9 Å². The van der Waals surface area contributed by atoms with Crippen molar-refractivity contribution in [3.63, 3.8) is 0 Å². The van der Waals surface area contributed by atoms with Gasteiger partial charge in [-0.25, -0.2) is 4.79 Å². The van der Waals surface area contributed by atoms with Crippen LogP contribution in [0.4, 0.5) is 5.69 Å². The molecule has 19 heavy (non-hydrogen) atoms. The molecule has 0 saturated carbocycles. The predicted molar refractivity (Wildman–Crippen MR) is 63.7 cm³/mol. The van der Waals surface area contributed by atoms with E-state index in [1.165, 1.54) is 18.2 Å². The zero-order chi connectivity index (χ0) is 14.6. The quantitative estimate of drug-likeness (QED) is 0.515. The van der Waals surface area contributed by atoms with Gasteiger partial charge in [0.25, 0.3) is 11.6 Å². The van der Waals surface area contributed by atoms with Crippen molar-refractivity contribution in [3.05, 3.63) is 39.9 Å². The Kier molecular flexibility index (Phi) is 4.18. The van der Waals surface area contributed by atoms with E-state index in [0.29, 0.717) is 0 Å². The third-order valence-electron chi connectivity index (χ3n) is 2.37. The van der Waals surface area contributed by atoms with Gasteiger partial charge in [0, 0.05) is 17.7 Å². The maximum absolute atomic E-state index is 11.7. The van der Waals surface area contributed by atoms with Crippen LogP contribution in [0, 0.1) is 10.1 Å². The van der Waals surface area contributed by atoms with Gasteiger partial charge in [-0.1, -0.05) is 6.07 Å². The van der Waals surface area contributed by atoms with Crippen molar-refractivity contribution in [2.75, 3.05) is 6.54 Å². The molecule has 0 fully saturated rings. The molecular formula is C11H12N2O6. The van der Waals surface area contributed by atoms with Crippen LogP contribution in [-0.2, 0) is 4.79 Å². The second kappa shape index (κ2) is 5.44. The minimum atomic E-state index is -2.10. The van der Waals surface area contributed by atoms with Crippen molar-refractivity contribution >= 4 is 17.6 Å². The Morgan fingerprint density at radius 1 is 1.47 bits per heavy atom. The van der Waals surface area contributed by atoms with E-state index in [1.54, 1.807) is 0 Å². The van der Waals surface area contributed by atoms with E-state index in [4.69, 9.17) is 5.11 Å². The Labute approximate surface area is 107 Å². The molecule has 1 aromatic carbocycles. The maximum atomic E-state index is 11.7. The fourth-order valence-corrected chi connectivity index (χ4v) is 1.19. The van der Waals surface area contributed by atoms with Crippen molar-refractivity contribution < 1.29 is 24.7 Å². The van der Waals surface area contributed by atoms with E-state index in [0.717, 1.165) is 13.0 Å². The standard InChI is InChI=1S/C11H12N2O6/c1-11(17,10(15)16)6-12-9(14)7-3-2-4-8(5-7)13(18)19/h2-5,17H,6H2,1H3,(H,12,14)(H,15,16). The van der Waals surface area contributed by atoms with Crippen molar-refractivity contribution in [3.8, 4) is 0 Å². The Bertz CT molecular complexity index is 526. The first-order valence-corrected chi connectivity index (χ1v) is 5.22. The number of rotatable bonds is 5. The summed E-state index contributed by atoms with van der Waals surface area (Å²) < 4.78 is 0. The summed E-state index contributed by atoms with van der Waals surface area (Å²) in [6.07, 6.45) is 0. The lowest BCUT2D eigenvalue weighted by atomic mass is 10.1. The van der Waals surface area contributed by atoms with Crippen LogP contribution < -0.4 is 5.32 Å². The molecule has 0 aliphatic rings.